The lowest BCUT2D eigenvalue weighted by molar-refractivity contribution is -0.384. The third-order valence-electron chi connectivity index (χ3n) is 5.37. The van der Waals surface area contributed by atoms with Crippen LogP contribution in [0.2, 0.25) is 0 Å². The lowest BCUT2D eigenvalue weighted by Gasteiger charge is -2.16. The van der Waals surface area contributed by atoms with Gasteiger partial charge in [-0.1, -0.05) is 72.8 Å². The van der Waals surface area contributed by atoms with Gasteiger partial charge in [-0.25, -0.2) is 5.43 Å². The molecule has 7 heteroatoms. The number of benzene rings is 4. The van der Waals surface area contributed by atoms with Crippen molar-refractivity contribution in [1.82, 2.24) is 5.43 Å². The van der Waals surface area contributed by atoms with E-state index >= 15 is 0 Å². The number of amides is 1. The molecule has 0 aliphatic heterocycles. The molecule has 0 atom stereocenters. The predicted octanol–water partition coefficient (Wildman–Crippen LogP) is 5.46. The number of rotatable bonds is 9. The van der Waals surface area contributed by atoms with E-state index in [1.165, 1.54) is 18.3 Å². The van der Waals surface area contributed by atoms with Gasteiger partial charge < -0.3 is 4.74 Å². The fraction of sp³-hybridized carbons (Fsp3) is 0.0714. The number of hydrogen-bond donors (Lipinski definition) is 1. The lowest BCUT2D eigenvalue weighted by atomic mass is 9.91. The number of ether oxygens (including phenoxy) is 1. The summed E-state index contributed by atoms with van der Waals surface area (Å²) in [6.07, 6.45) is 1.54. The van der Waals surface area contributed by atoms with Crippen molar-refractivity contribution >= 4 is 17.8 Å². The monoisotopic (exact) mass is 465 g/mol. The van der Waals surface area contributed by atoms with Crippen LogP contribution in [-0.2, 0) is 11.4 Å². The molecule has 4 aromatic rings. The Morgan fingerprint density at radius 3 is 2.03 bits per heavy atom. The number of hydrogen-bond acceptors (Lipinski definition) is 5. The van der Waals surface area contributed by atoms with Crippen LogP contribution in [-0.4, -0.2) is 17.0 Å². The third kappa shape index (κ3) is 6.17. The molecule has 0 heterocycles. The molecule has 0 bridgehead atoms. The van der Waals surface area contributed by atoms with Crippen molar-refractivity contribution in [1.29, 1.82) is 0 Å². The van der Waals surface area contributed by atoms with Crippen LogP contribution in [0.15, 0.2) is 114 Å². The molecular weight excluding hydrogens is 442 g/mol. The van der Waals surface area contributed by atoms with E-state index < -0.39 is 10.8 Å². The number of para-hydroxylation sites is 1. The topological polar surface area (TPSA) is 93.8 Å². The first-order valence-corrected chi connectivity index (χ1v) is 11.0. The average molecular weight is 466 g/mol. The molecule has 0 radical (unpaired) electrons. The van der Waals surface area contributed by atoms with Crippen LogP contribution in [0.5, 0.6) is 5.75 Å². The van der Waals surface area contributed by atoms with E-state index in [-0.39, 0.29) is 18.2 Å². The number of carbonyl (C=O) groups is 1. The van der Waals surface area contributed by atoms with Gasteiger partial charge in [0, 0.05) is 17.7 Å². The van der Waals surface area contributed by atoms with Gasteiger partial charge in [0.15, 0.2) is 0 Å². The maximum atomic E-state index is 13.1. The van der Waals surface area contributed by atoms with Crippen LogP contribution < -0.4 is 10.2 Å². The Bertz CT molecular complexity index is 1270. The fourth-order valence-corrected chi connectivity index (χ4v) is 3.61. The van der Waals surface area contributed by atoms with Gasteiger partial charge in [0.2, 0.25) is 0 Å². The quantitative estimate of drug-likeness (QED) is 0.202. The Labute approximate surface area is 202 Å². The number of nitrogens with one attached hydrogen (secondary N) is 1. The summed E-state index contributed by atoms with van der Waals surface area (Å²) >= 11 is 0. The van der Waals surface area contributed by atoms with Crippen molar-refractivity contribution in [2.45, 2.75) is 12.5 Å². The Hall–Kier alpha value is -4.78. The summed E-state index contributed by atoms with van der Waals surface area (Å²) in [6, 6.07) is 32.6. The zero-order chi connectivity index (χ0) is 24.5. The van der Waals surface area contributed by atoms with Crippen LogP contribution in [0, 0.1) is 10.1 Å². The van der Waals surface area contributed by atoms with Gasteiger partial charge in [0.1, 0.15) is 12.4 Å². The van der Waals surface area contributed by atoms with E-state index in [9.17, 15) is 14.9 Å². The summed E-state index contributed by atoms with van der Waals surface area (Å²) in [7, 11) is 0. The van der Waals surface area contributed by atoms with Crippen LogP contribution in [0.1, 0.15) is 28.2 Å². The van der Waals surface area contributed by atoms with Crippen molar-refractivity contribution in [3.05, 3.63) is 142 Å². The van der Waals surface area contributed by atoms with Gasteiger partial charge in [0.25, 0.3) is 11.6 Å². The Morgan fingerprint density at radius 2 is 1.43 bits per heavy atom. The van der Waals surface area contributed by atoms with Crippen LogP contribution in [0.3, 0.4) is 0 Å². The Balaban J connectivity index is 1.45. The third-order valence-corrected chi connectivity index (χ3v) is 5.37. The smallest absolute Gasteiger partial charge is 0.269 e. The Morgan fingerprint density at radius 1 is 0.857 bits per heavy atom. The fourth-order valence-electron chi connectivity index (χ4n) is 3.61. The van der Waals surface area contributed by atoms with Crippen LogP contribution in [0.4, 0.5) is 5.69 Å². The molecule has 7 nitrogen and oxygen atoms in total. The van der Waals surface area contributed by atoms with Crippen LogP contribution in [0.25, 0.3) is 0 Å². The van der Waals surface area contributed by atoms with E-state index in [4.69, 9.17) is 4.74 Å². The highest BCUT2D eigenvalue weighted by Crippen LogP contribution is 2.25. The van der Waals surface area contributed by atoms with Crippen molar-refractivity contribution in [3.8, 4) is 5.75 Å². The normalized spacial score (nSPS) is 10.9. The van der Waals surface area contributed by atoms with Crippen molar-refractivity contribution in [3.63, 3.8) is 0 Å². The lowest BCUT2D eigenvalue weighted by Crippen LogP contribution is -2.26. The van der Waals surface area contributed by atoms with Gasteiger partial charge in [-0.2, -0.15) is 5.10 Å². The SMILES string of the molecule is O=C(N/N=C/c1ccccc1OCc1ccc([N+](=O)[O-])cc1)C(c1ccccc1)c1ccccc1. The van der Waals surface area contributed by atoms with Gasteiger partial charge in [-0.05, 0) is 41.0 Å². The molecule has 0 saturated carbocycles. The first-order chi connectivity index (χ1) is 17.1. The van der Waals surface area contributed by atoms with Crippen LogP contribution >= 0.6 is 0 Å². The van der Waals surface area contributed by atoms with Crippen molar-refractivity contribution in [2.75, 3.05) is 0 Å². The van der Waals surface area contributed by atoms with Gasteiger partial charge in [-0.15, -0.1) is 0 Å². The molecule has 0 aliphatic carbocycles. The van der Waals surface area contributed by atoms with Gasteiger partial charge in [0.05, 0.1) is 17.1 Å². The van der Waals surface area contributed by atoms with E-state index in [1.807, 2.05) is 78.9 Å². The number of hydrazone groups is 1. The molecule has 0 spiro atoms. The van der Waals surface area contributed by atoms with Gasteiger partial charge in [-0.3, -0.25) is 14.9 Å². The number of nitro groups is 1. The minimum Gasteiger partial charge on any atom is -0.488 e. The van der Waals surface area contributed by atoms with Crippen molar-refractivity contribution < 1.29 is 14.5 Å². The number of nitrogens with zero attached hydrogens (tertiary/aromatic N) is 2. The molecule has 0 unspecified atom stereocenters. The molecule has 1 N–H and O–H groups in total. The second-order valence-electron chi connectivity index (χ2n) is 7.74. The molecule has 4 rings (SSSR count). The van der Waals surface area contributed by atoms with E-state index in [0.29, 0.717) is 11.3 Å². The number of carbonyl (C=O) groups excluding carboxylic acids is 1. The highest BCUT2D eigenvalue weighted by atomic mass is 16.6. The highest BCUT2D eigenvalue weighted by Gasteiger charge is 2.22. The first kappa shape index (κ1) is 23.4. The molecule has 0 aromatic heterocycles. The zero-order valence-corrected chi connectivity index (χ0v) is 18.8. The molecule has 35 heavy (non-hydrogen) atoms. The van der Waals surface area contributed by atoms with E-state index in [0.717, 1.165) is 16.7 Å². The summed E-state index contributed by atoms with van der Waals surface area (Å²) in [5, 5.41) is 15.0. The summed E-state index contributed by atoms with van der Waals surface area (Å²) in [5.41, 5.74) is 5.91. The second kappa shape index (κ2) is 11.4. The largest absolute Gasteiger partial charge is 0.488 e. The summed E-state index contributed by atoms with van der Waals surface area (Å²) in [5.74, 6) is -0.169. The summed E-state index contributed by atoms with van der Waals surface area (Å²) in [4.78, 5) is 23.5. The first-order valence-electron chi connectivity index (χ1n) is 11.0. The standard InChI is InChI=1S/C28H23N3O4/c32-28(27(22-9-3-1-4-10-22)23-11-5-2-6-12-23)30-29-19-24-13-7-8-14-26(24)35-20-21-15-17-25(18-16-21)31(33)34/h1-19,27H,20H2,(H,30,32)/b29-19+. The predicted molar refractivity (Wildman–Crippen MR) is 134 cm³/mol. The minimum atomic E-state index is -0.497. The summed E-state index contributed by atoms with van der Waals surface area (Å²) in [6.45, 7) is 0.235. The molecule has 0 fully saturated rings. The maximum Gasteiger partial charge on any atom is 0.269 e. The molecular formula is C28H23N3O4. The summed E-state index contributed by atoms with van der Waals surface area (Å²) < 4.78 is 5.89. The number of nitro benzene ring substituents is 1. The average Bonchev–Trinajstić information content (AvgIpc) is 2.90. The highest BCUT2D eigenvalue weighted by molar-refractivity contribution is 5.89. The molecule has 0 aliphatic rings. The zero-order valence-electron chi connectivity index (χ0n) is 18.8. The number of non-ortho nitro benzene ring substituents is 1. The van der Waals surface area contributed by atoms with Crippen molar-refractivity contribution in [2.24, 2.45) is 5.10 Å². The second-order valence-corrected chi connectivity index (χ2v) is 7.74. The molecule has 0 saturated heterocycles. The Kier molecular flexibility index (Phi) is 7.60. The van der Waals surface area contributed by atoms with E-state index in [2.05, 4.69) is 10.5 Å². The maximum absolute atomic E-state index is 13.1. The molecule has 1 amide bonds. The molecule has 174 valence electrons. The minimum absolute atomic E-state index is 0.0290. The van der Waals surface area contributed by atoms with Gasteiger partial charge >= 0.3 is 0 Å². The molecule has 4 aromatic carbocycles. The van der Waals surface area contributed by atoms with E-state index in [1.54, 1.807) is 18.2 Å².